The first kappa shape index (κ1) is 29.0. The van der Waals surface area contributed by atoms with E-state index in [-0.39, 0.29) is 0 Å². The largest absolute Gasteiger partial charge is 0.317 e. The molecule has 2 aromatic rings. The van der Waals surface area contributed by atoms with Crippen LogP contribution in [0.5, 0.6) is 0 Å². The van der Waals surface area contributed by atoms with E-state index in [0.29, 0.717) is 0 Å². The summed E-state index contributed by atoms with van der Waals surface area (Å²) in [5, 5.41) is 13.9. The Hall–Kier alpha value is -2.01. The van der Waals surface area contributed by atoms with Gasteiger partial charge in [-0.15, -0.1) is 0 Å². The molecule has 31 heavy (non-hydrogen) atoms. The van der Waals surface area contributed by atoms with Crippen molar-refractivity contribution in [3.05, 3.63) is 36.0 Å². The lowest BCUT2D eigenvalue weighted by atomic mass is 10.1. The van der Waals surface area contributed by atoms with Crippen LogP contribution < -0.4 is 5.32 Å². The van der Waals surface area contributed by atoms with E-state index in [9.17, 15) is 0 Å². The molecular weight excluding hydrogens is 384 g/mol. The van der Waals surface area contributed by atoms with Crippen LogP contribution in [0.3, 0.4) is 0 Å². The number of aromatic amines is 1. The van der Waals surface area contributed by atoms with E-state index < -0.39 is 0 Å². The van der Waals surface area contributed by atoms with Gasteiger partial charge in [0.05, 0.1) is 6.20 Å². The van der Waals surface area contributed by atoms with Gasteiger partial charge < -0.3 is 10.1 Å². The highest BCUT2D eigenvalue weighted by Crippen LogP contribution is 2.18. The molecule has 0 atom stereocenters. The average Bonchev–Trinajstić information content (AvgIpc) is 3.28. The number of carbonyl (C=O) groups is 1. The summed E-state index contributed by atoms with van der Waals surface area (Å²) < 4.78 is 0. The molecule has 2 N–H and O–H groups in total. The average molecular weight is 431 g/mol. The van der Waals surface area contributed by atoms with Crippen molar-refractivity contribution >= 4 is 6.79 Å². The van der Waals surface area contributed by atoms with Crippen LogP contribution in [0.4, 0.5) is 0 Å². The zero-order valence-corrected chi connectivity index (χ0v) is 20.6. The van der Waals surface area contributed by atoms with Gasteiger partial charge in [0.2, 0.25) is 0 Å². The summed E-state index contributed by atoms with van der Waals surface area (Å²) in [5.41, 5.74) is 3.24. The van der Waals surface area contributed by atoms with Crippen LogP contribution >= 0.6 is 0 Å². The van der Waals surface area contributed by atoms with Gasteiger partial charge in [0, 0.05) is 5.56 Å². The molecular formula is C26H46N4O. The predicted octanol–water partition coefficient (Wildman–Crippen LogP) is 6.60. The van der Waals surface area contributed by atoms with Gasteiger partial charge in [-0.1, -0.05) is 90.5 Å². The Morgan fingerprint density at radius 3 is 1.87 bits per heavy atom. The van der Waals surface area contributed by atoms with Crippen LogP contribution in [0.25, 0.3) is 11.3 Å². The van der Waals surface area contributed by atoms with Gasteiger partial charge in [-0.3, -0.25) is 0 Å². The van der Waals surface area contributed by atoms with Crippen molar-refractivity contribution in [3.8, 4) is 11.3 Å². The summed E-state index contributed by atoms with van der Waals surface area (Å²) >= 11 is 0. The fourth-order valence-electron chi connectivity index (χ4n) is 3.28. The molecule has 0 aliphatic carbocycles. The number of unbranched alkanes of at least 4 members (excludes halogenated alkanes) is 4. The SMILES string of the molecule is C=O.CC(C)CCCCCNCCCCCC(C)C.Cc1ccccc1-c1cn[nH]n1. The third kappa shape index (κ3) is 16.4. The Labute approximate surface area is 190 Å². The van der Waals surface area contributed by atoms with E-state index >= 15 is 0 Å². The second-order valence-electron chi connectivity index (χ2n) is 8.91. The molecule has 0 fully saturated rings. The monoisotopic (exact) mass is 430 g/mol. The van der Waals surface area contributed by atoms with Crippen LogP contribution in [-0.2, 0) is 4.79 Å². The maximum Gasteiger partial charge on any atom is 0.113 e. The predicted molar refractivity (Wildman–Crippen MR) is 133 cm³/mol. The number of carbonyl (C=O) groups excluding carboxylic acids is 1. The number of hydrogen-bond donors (Lipinski definition) is 2. The fourth-order valence-corrected chi connectivity index (χ4v) is 3.28. The van der Waals surface area contributed by atoms with Crippen molar-refractivity contribution in [3.63, 3.8) is 0 Å². The molecule has 0 saturated heterocycles. The Morgan fingerprint density at radius 1 is 0.871 bits per heavy atom. The quantitative estimate of drug-likeness (QED) is 0.351. The van der Waals surface area contributed by atoms with Gasteiger partial charge in [-0.25, -0.2) is 0 Å². The number of aromatic nitrogens is 3. The van der Waals surface area contributed by atoms with E-state index in [4.69, 9.17) is 4.79 Å². The molecule has 176 valence electrons. The highest BCUT2D eigenvalue weighted by atomic mass is 16.1. The number of hydrogen-bond acceptors (Lipinski definition) is 4. The van der Waals surface area contributed by atoms with Crippen LogP contribution in [0.15, 0.2) is 30.5 Å². The van der Waals surface area contributed by atoms with Crippen LogP contribution in [0.2, 0.25) is 0 Å². The first-order valence-electron chi connectivity index (χ1n) is 11.9. The van der Waals surface area contributed by atoms with Crippen molar-refractivity contribution < 1.29 is 4.79 Å². The Balaban J connectivity index is 0.000000558. The normalized spacial score (nSPS) is 10.4. The summed E-state index contributed by atoms with van der Waals surface area (Å²) in [5.74, 6) is 1.76. The molecule has 5 heteroatoms. The number of rotatable bonds is 13. The zero-order chi connectivity index (χ0) is 23.3. The standard InChI is InChI=1S/C16H35N.C9H9N3.CH2O/c1-15(2)11-7-5-9-13-17-14-10-6-8-12-16(3)4;1-7-4-2-3-5-8(7)9-6-10-12-11-9;1-2/h15-17H,5-14H2,1-4H3;2-6H,1H3,(H,10,11,12);1H2. The topological polar surface area (TPSA) is 70.7 Å². The van der Waals surface area contributed by atoms with Crippen molar-refractivity contribution in [2.24, 2.45) is 11.8 Å². The van der Waals surface area contributed by atoms with Crippen LogP contribution in [0, 0.1) is 18.8 Å². The summed E-state index contributed by atoms with van der Waals surface area (Å²) in [4.78, 5) is 8.00. The second-order valence-corrected chi connectivity index (χ2v) is 8.91. The number of H-pyrrole nitrogens is 1. The molecule has 0 radical (unpaired) electrons. The van der Waals surface area contributed by atoms with E-state index in [1.807, 2.05) is 25.0 Å². The minimum atomic E-state index is 0.879. The molecule has 0 spiro atoms. The van der Waals surface area contributed by atoms with Gasteiger partial charge >= 0.3 is 0 Å². The molecule has 2 rings (SSSR count). The first-order valence-corrected chi connectivity index (χ1v) is 11.9. The molecule has 1 heterocycles. The Kier molecular flexibility index (Phi) is 18.6. The van der Waals surface area contributed by atoms with Crippen LogP contribution in [-0.4, -0.2) is 35.3 Å². The van der Waals surface area contributed by atoms with Gasteiger partial charge in [-0.05, 0) is 50.3 Å². The molecule has 0 aliphatic rings. The van der Waals surface area contributed by atoms with E-state index in [0.717, 1.165) is 23.1 Å². The first-order chi connectivity index (χ1) is 15.0. The zero-order valence-electron chi connectivity index (χ0n) is 20.6. The molecule has 0 bridgehead atoms. The van der Waals surface area contributed by atoms with E-state index in [2.05, 4.69) is 61.4 Å². The number of benzene rings is 1. The lowest BCUT2D eigenvalue weighted by Gasteiger charge is -2.07. The van der Waals surface area contributed by atoms with Crippen molar-refractivity contribution in [2.75, 3.05) is 13.1 Å². The van der Waals surface area contributed by atoms with E-state index in [1.54, 1.807) is 6.20 Å². The molecule has 0 unspecified atom stereocenters. The molecule has 1 aromatic carbocycles. The Bertz CT molecular complexity index is 610. The van der Waals surface area contributed by atoms with Gasteiger partial charge in [0.25, 0.3) is 0 Å². The molecule has 5 nitrogen and oxygen atoms in total. The Morgan fingerprint density at radius 2 is 1.42 bits per heavy atom. The number of nitrogens with zero attached hydrogens (tertiary/aromatic N) is 2. The second kappa shape index (κ2) is 19.9. The molecule has 1 aromatic heterocycles. The summed E-state index contributed by atoms with van der Waals surface area (Å²) in [7, 11) is 0. The third-order valence-corrected chi connectivity index (χ3v) is 5.11. The van der Waals surface area contributed by atoms with E-state index in [1.165, 1.54) is 70.0 Å². The third-order valence-electron chi connectivity index (χ3n) is 5.11. The minimum Gasteiger partial charge on any atom is -0.317 e. The van der Waals surface area contributed by atoms with Crippen molar-refractivity contribution in [1.29, 1.82) is 0 Å². The summed E-state index contributed by atoms with van der Waals surface area (Å²) in [6.45, 7) is 15.8. The van der Waals surface area contributed by atoms with Crippen molar-refractivity contribution in [1.82, 2.24) is 20.7 Å². The van der Waals surface area contributed by atoms with Crippen LogP contribution in [0.1, 0.15) is 84.6 Å². The maximum absolute atomic E-state index is 8.00. The van der Waals surface area contributed by atoms with Gasteiger partial charge in [-0.2, -0.15) is 15.4 Å². The minimum absolute atomic E-state index is 0.879. The fraction of sp³-hybridized carbons (Fsp3) is 0.654. The molecule has 0 amide bonds. The van der Waals surface area contributed by atoms with Gasteiger partial charge in [0.1, 0.15) is 12.5 Å². The highest BCUT2D eigenvalue weighted by Gasteiger charge is 2.01. The smallest absolute Gasteiger partial charge is 0.113 e. The number of nitrogens with one attached hydrogen (secondary N) is 2. The van der Waals surface area contributed by atoms with Crippen molar-refractivity contribution in [2.45, 2.75) is 86.0 Å². The highest BCUT2D eigenvalue weighted by molar-refractivity contribution is 5.61. The molecule has 0 saturated carbocycles. The summed E-state index contributed by atoms with van der Waals surface area (Å²) in [6.07, 6.45) is 12.9. The van der Waals surface area contributed by atoms with Gasteiger partial charge in [0.15, 0.2) is 0 Å². The summed E-state index contributed by atoms with van der Waals surface area (Å²) in [6, 6.07) is 8.10. The lowest BCUT2D eigenvalue weighted by Crippen LogP contribution is -2.16. The maximum atomic E-state index is 8.00. The lowest BCUT2D eigenvalue weighted by molar-refractivity contribution is -0.0979. The number of aryl methyl sites for hydroxylation is 1. The molecule has 0 aliphatic heterocycles.